The Morgan fingerprint density at radius 2 is 1.75 bits per heavy atom. The first-order valence-corrected chi connectivity index (χ1v) is 11.3. The fourth-order valence-electron chi connectivity index (χ4n) is 3.42. The number of hydrogen-bond acceptors (Lipinski definition) is 4. The van der Waals surface area contributed by atoms with Gasteiger partial charge in [0.25, 0.3) is 0 Å². The number of aryl methyl sites for hydroxylation is 1. The maximum atomic E-state index is 12.7. The van der Waals surface area contributed by atoms with E-state index in [0.717, 1.165) is 44.7 Å². The van der Waals surface area contributed by atoms with Crippen LogP contribution in [0.4, 0.5) is 5.69 Å². The molecule has 4 aromatic rings. The van der Waals surface area contributed by atoms with Crippen LogP contribution in [0.15, 0.2) is 84.1 Å². The smallest absolute Gasteiger partial charge is 0.234 e. The van der Waals surface area contributed by atoms with E-state index >= 15 is 0 Å². The Balaban J connectivity index is 1.61. The van der Waals surface area contributed by atoms with Crippen molar-refractivity contribution in [1.82, 2.24) is 9.55 Å². The van der Waals surface area contributed by atoms with Gasteiger partial charge in [0.2, 0.25) is 5.91 Å². The highest BCUT2D eigenvalue weighted by Crippen LogP contribution is 2.31. The summed E-state index contributed by atoms with van der Waals surface area (Å²) >= 11 is 1.40. The van der Waals surface area contributed by atoms with Crippen LogP contribution in [-0.2, 0) is 4.79 Å². The van der Waals surface area contributed by atoms with Crippen molar-refractivity contribution in [2.75, 3.05) is 18.2 Å². The van der Waals surface area contributed by atoms with Gasteiger partial charge in [-0.3, -0.25) is 9.36 Å². The van der Waals surface area contributed by atoms with Crippen LogP contribution in [0.3, 0.4) is 0 Å². The zero-order valence-electron chi connectivity index (χ0n) is 18.3. The largest absolute Gasteiger partial charge is 0.495 e. The average molecular weight is 444 g/mol. The molecule has 1 N–H and O–H groups in total. The van der Waals surface area contributed by atoms with Crippen LogP contribution in [0.5, 0.6) is 5.75 Å². The Kier molecular flexibility index (Phi) is 6.61. The van der Waals surface area contributed by atoms with E-state index < -0.39 is 0 Å². The van der Waals surface area contributed by atoms with Gasteiger partial charge in [0.05, 0.1) is 24.2 Å². The van der Waals surface area contributed by atoms with E-state index in [1.165, 1.54) is 11.8 Å². The number of ether oxygens (including phenoxy) is 1. The molecule has 0 atom stereocenters. The van der Waals surface area contributed by atoms with Crippen LogP contribution < -0.4 is 10.1 Å². The summed E-state index contributed by atoms with van der Waals surface area (Å²) in [7, 11) is 1.65. The molecule has 0 bridgehead atoms. The highest BCUT2D eigenvalue weighted by Gasteiger charge is 2.16. The Labute approximate surface area is 192 Å². The summed E-state index contributed by atoms with van der Waals surface area (Å²) in [6, 6.07) is 23.7. The number of thioether (sulfide) groups is 1. The van der Waals surface area contributed by atoms with E-state index in [1.54, 1.807) is 7.11 Å². The van der Waals surface area contributed by atoms with Gasteiger partial charge < -0.3 is 10.1 Å². The number of rotatable bonds is 7. The SMILES string of the molecule is COc1ccccc1-n1cc(-c2ccccc2)nc1SCC(=O)Nc1cccc(C)c1C. The lowest BCUT2D eigenvalue weighted by molar-refractivity contribution is -0.113. The number of benzene rings is 3. The van der Waals surface area contributed by atoms with Crippen molar-refractivity contribution < 1.29 is 9.53 Å². The van der Waals surface area contributed by atoms with Crippen LogP contribution in [0.2, 0.25) is 0 Å². The quantitative estimate of drug-likeness (QED) is 0.362. The first kappa shape index (κ1) is 21.7. The molecule has 32 heavy (non-hydrogen) atoms. The van der Waals surface area contributed by atoms with E-state index in [1.807, 2.05) is 97.4 Å². The van der Waals surface area contributed by atoms with E-state index in [-0.39, 0.29) is 11.7 Å². The molecule has 0 unspecified atom stereocenters. The van der Waals surface area contributed by atoms with Crippen molar-refractivity contribution in [1.29, 1.82) is 0 Å². The maximum Gasteiger partial charge on any atom is 0.234 e. The van der Waals surface area contributed by atoms with Gasteiger partial charge in [-0.1, -0.05) is 66.4 Å². The first-order valence-electron chi connectivity index (χ1n) is 10.3. The Morgan fingerprint density at radius 3 is 2.53 bits per heavy atom. The molecule has 0 aliphatic carbocycles. The number of imidazole rings is 1. The second-order valence-electron chi connectivity index (χ2n) is 7.40. The van der Waals surface area contributed by atoms with Crippen LogP contribution in [0, 0.1) is 13.8 Å². The van der Waals surface area contributed by atoms with Crippen molar-refractivity contribution in [2.24, 2.45) is 0 Å². The third kappa shape index (κ3) is 4.70. The number of carbonyl (C=O) groups excluding carboxylic acids is 1. The summed E-state index contributed by atoms with van der Waals surface area (Å²) < 4.78 is 7.54. The maximum absolute atomic E-state index is 12.7. The molecule has 0 saturated carbocycles. The third-order valence-electron chi connectivity index (χ3n) is 5.30. The topological polar surface area (TPSA) is 56.2 Å². The Morgan fingerprint density at radius 1 is 1.00 bits per heavy atom. The van der Waals surface area contributed by atoms with E-state index in [2.05, 4.69) is 5.32 Å². The number of aromatic nitrogens is 2. The monoisotopic (exact) mass is 443 g/mol. The second-order valence-corrected chi connectivity index (χ2v) is 8.34. The number of nitrogens with zero attached hydrogens (tertiary/aromatic N) is 2. The fourth-order valence-corrected chi connectivity index (χ4v) is 4.20. The van der Waals surface area contributed by atoms with Crippen molar-refractivity contribution in [3.8, 4) is 22.7 Å². The summed E-state index contributed by atoms with van der Waals surface area (Å²) in [6.07, 6.45) is 1.98. The summed E-state index contributed by atoms with van der Waals surface area (Å²) in [4.78, 5) is 17.5. The minimum Gasteiger partial charge on any atom is -0.495 e. The molecular weight excluding hydrogens is 418 g/mol. The summed E-state index contributed by atoms with van der Waals surface area (Å²) in [6.45, 7) is 4.05. The molecule has 0 fully saturated rings. The van der Waals surface area contributed by atoms with Crippen molar-refractivity contribution in [2.45, 2.75) is 19.0 Å². The number of anilines is 1. The van der Waals surface area contributed by atoms with Gasteiger partial charge in [-0.2, -0.15) is 0 Å². The number of amides is 1. The van der Waals surface area contributed by atoms with Gasteiger partial charge in [0.1, 0.15) is 5.75 Å². The van der Waals surface area contributed by atoms with Crippen LogP contribution in [0.25, 0.3) is 16.9 Å². The molecule has 1 aromatic heterocycles. The molecule has 0 saturated heterocycles. The van der Waals surface area contributed by atoms with Gasteiger partial charge in [-0.25, -0.2) is 4.98 Å². The summed E-state index contributed by atoms with van der Waals surface area (Å²) in [5.41, 5.74) is 5.80. The predicted octanol–water partition coefficient (Wildman–Crippen LogP) is 5.90. The molecule has 5 nitrogen and oxygen atoms in total. The first-order chi connectivity index (χ1) is 15.6. The molecule has 0 aliphatic heterocycles. The van der Waals surface area contributed by atoms with Crippen molar-refractivity contribution >= 4 is 23.4 Å². The fraction of sp³-hybridized carbons (Fsp3) is 0.154. The molecule has 4 rings (SSSR count). The minimum atomic E-state index is -0.0699. The molecule has 0 radical (unpaired) electrons. The van der Waals surface area contributed by atoms with Gasteiger partial charge >= 0.3 is 0 Å². The Bertz CT molecular complexity index is 1240. The molecule has 1 amide bonds. The number of carbonyl (C=O) groups is 1. The second kappa shape index (κ2) is 9.75. The molecular formula is C26H25N3O2S. The highest BCUT2D eigenvalue weighted by molar-refractivity contribution is 7.99. The number of para-hydroxylation sites is 2. The number of nitrogens with one attached hydrogen (secondary N) is 1. The van der Waals surface area contributed by atoms with Crippen LogP contribution in [-0.4, -0.2) is 28.3 Å². The normalized spacial score (nSPS) is 10.7. The van der Waals surface area contributed by atoms with Gasteiger partial charge in [0, 0.05) is 17.4 Å². The third-order valence-corrected chi connectivity index (χ3v) is 6.25. The standard InChI is InChI=1S/C26H25N3O2S/c1-18-10-9-13-21(19(18)2)27-25(30)17-32-26-28-22(20-11-5-4-6-12-20)16-29(26)23-14-7-8-15-24(23)31-3/h4-16H,17H2,1-3H3,(H,27,30). The number of methoxy groups -OCH3 is 1. The van der Waals surface area contributed by atoms with Crippen LogP contribution >= 0.6 is 11.8 Å². The molecule has 162 valence electrons. The van der Waals surface area contributed by atoms with Crippen molar-refractivity contribution in [3.63, 3.8) is 0 Å². The van der Waals surface area contributed by atoms with Gasteiger partial charge in [-0.05, 0) is 43.2 Å². The lowest BCUT2D eigenvalue weighted by Crippen LogP contribution is -2.15. The van der Waals surface area contributed by atoms with E-state index in [4.69, 9.17) is 9.72 Å². The summed E-state index contributed by atoms with van der Waals surface area (Å²) in [5.74, 6) is 0.916. The summed E-state index contributed by atoms with van der Waals surface area (Å²) in [5, 5.41) is 3.75. The lowest BCUT2D eigenvalue weighted by Gasteiger charge is -2.12. The lowest BCUT2D eigenvalue weighted by atomic mass is 10.1. The van der Waals surface area contributed by atoms with E-state index in [9.17, 15) is 4.79 Å². The molecule has 1 heterocycles. The number of hydrogen-bond donors (Lipinski definition) is 1. The molecule has 6 heteroatoms. The molecule has 0 aliphatic rings. The van der Waals surface area contributed by atoms with Crippen LogP contribution in [0.1, 0.15) is 11.1 Å². The molecule has 0 spiro atoms. The van der Waals surface area contributed by atoms with Gasteiger partial charge in [0.15, 0.2) is 5.16 Å². The predicted molar refractivity (Wildman–Crippen MR) is 131 cm³/mol. The average Bonchev–Trinajstić information content (AvgIpc) is 3.25. The Hall–Kier alpha value is -3.51. The molecule has 3 aromatic carbocycles. The highest BCUT2D eigenvalue weighted by atomic mass is 32.2. The van der Waals surface area contributed by atoms with Crippen molar-refractivity contribution in [3.05, 3.63) is 90.1 Å². The zero-order valence-corrected chi connectivity index (χ0v) is 19.1. The zero-order chi connectivity index (χ0) is 22.5. The minimum absolute atomic E-state index is 0.0699. The van der Waals surface area contributed by atoms with E-state index in [0.29, 0.717) is 0 Å². The van der Waals surface area contributed by atoms with Gasteiger partial charge in [-0.15, -0.1) is 0 Å².